The molecule has 0 aliphatic heterocycles. The number of aromatic nitrogens is 6. The zero-order valence-electron chi connectivity index (χ0n) is 17.1. The SMILES string of the molecule is Cc1cncc(-c2cc3c(-c4cc5c(-c6cccc(F)c6)cncc5[nH]4)n[nH]c3cn2)c1. The maximum Gasteiger partial charge on any atom is 0.123 e. The fourth-order valence-electron chi connectivity index (χ4n) is 4.04. The number of pyridine rings is 3. The Morgan fingerprint density at radius 1 is 0.812 bits per heavy atom. The highest BCUT2D eigenvalue weighted by Gasteiger charge is 2.15. The predicted octanol–water partition coefficient (Wildman–Crippen LogP) is 5.68. The zero-order valence-corrected chi connectivity index (χ0v) is 17.1. The number of H-pyrrole nitrogens is 2. The van der Waals surface area contributed by atoms with Crippen molar-refractivity contribution in [2.75, 3.05) is 0 Å². The topological polar surface area (TPSA) is 83.1 Å². The summed E-state index contributed by atoms with van der Waals surface area (Å²) in [5.74, 6) is -0.278. The monoisotopic (exact) mass is 420 g/mol. The minimum atomic E-state index is -0.278. The van der Waals surface area contributed by atoms with Crippen LogP contribution in [-0.4, -0.2) is 30.1 Å². The van der Waals surface area contributed by atoms with Crippen LogP contribution >= 0.6 is 0 Å². The van der Waals surface area contributed by atoms with Crippen LogP contribution in [0.2, 0.25) is 0 Å². The summed E-state index contributed by atoms with van der Waals surface area (Å²) >= 11 is 0. The van der Waals surface area contributed by atoms with Crippen molar-refractivity contribution in [3.05, 3.63) is 84.8 Å². The van der Waals surface area contributed by atoms with Crippen LogP contribution < -0.4 is 0 Å². The van der Waals surface area contributed by atoms with Gasteiger partial charge in [-0.2, -0.15) is 5.10 Å². The zero-order chi connectivity index (χ0) is 21.7. The average Bonchev–Trinajstić information content (AvgIpc) is 3.42. The molecule has 32 heavy (non-hydrogen) atoms. The molecule has 0 spiro atoms. The maximum absolute atomic E-state index is 13.8. The smallest absolute Gasteiger partial charge is 0.123 e. The third-order valence-electron chi connectivity index (χ3n) is 5.55. The second-order valence-electron chi connectivity index (χ2n) is 7.78. The van der Waals surface area contributed by atoms with Gasteiger partial charge >= 0.3 is 0 Å². The molecule has 154 valence electrons. The molecule has 0 unspecified atom stereocenters. The van der Waals surface area contributed by atoms with Crippen molar-refractivity contribution in [2.45, 2.75) is 6.92 Å². The maximum atomic E-state index is 13.8. The summed E-state index contributed by atoms with van der Waals surface area (Å²) < 4.78 is 13.8. The lowest BCUT2D eigenvalue weighted by Gasteiger charge is -2.02. The van der Waals surface area contributed by atoms with Gasteiger partial charge in [-0.3, -0.25) is 20.1 Å². The van der Waals surface area contributed by atoms with E-state index in [-0.39, 0.29) is 5.82 Å². The molecule has 0 saturated carbocycles. The molecule has 0 fully saturated rings. The number of benzene rings is 1. The number of halogens is 1. The van der Waals surface area contributed by atoms with Crippen LogP contribution in [0.4, 0.5) is 4.39 Å². The molecule has 2 N–H and O–H groups in total. The Labute approximate surface area is 182 Å². The standard InChI is InChI=1S/C25H17FN6/c1-14-5-16(10-27-9-14)21-8-19-24(13-29-21)31-32-25(19)22-7-18-20(11-28-12-23(18)30-22)15-3-2-4-17(26)6-15/h2-13,30H,1H3,(H,31,32). The molecular formula is C25H17FN6. The minimum Gasteiger partial charge on any atom is -0.352 e. The first-order valence-corrected chi connectivity index (χ1v) is 10.1. The molecule has 6 nitrogen and oxygen atoms in total. The summed E-state index contributed by atoms with van der Waals surface area (Å²) in [7, 11) is 0. The van der Waals surface area contributed by atoms with Gasteiger partial charge in [0.1, 0.15) is 11.5 Å². The molecule has 0 aliphatic carbocycles. The van der Waals surface area contributed by atoms with Gasteiger partial charge in [-0.05, 0) is 48.4 Å². The van der Waals surface area contributed by atoms with E-state index in [1.807, 2.05) is 31.3 Å². The van der Waals surface area contributed by atoms with Gasteiger partial charge < -0.3 is 4.98 Å². The van der Waals surface area contributed by atoms with Crippen molar-refractivity contribution >= 4 is 21.8 Å². The van der Waals surface area contributed by atoms with E-state index in [2.05, 4.69) is 36.2 Å². The molecule has 5 aromatic heterocycles. The van der Waals surface area contributed by atoms with Crippen molar-refractivity contribution in [3.63, 3.8) is 0 Å². The summed E-state index contributed by atoms with van der Waals surface area (Å²) in [5.41, 5.74) is 7.81. The molecule has 0 saturated heterocycles. The van der Waals surface area contributed by atoms with Crippen LogP contribution in [0.3, 0.4) is 0 Å². The summed E-state index contributed by atoms with van der Waals surface area (Å²) in [4.78, 5) is 16.6. The molecule has 6 aromatic rings. The molecule has 7 heteroatoms. The number of hydrogen-bond acceptors (Lipinski definition) is 4. The molecule has 0 atom stereocenters. The van der Waals surface area contributed by atoms with E-state index in [0.717, 1.165) is 61.1 Å². The lowest BCUT2D eigenvalue weighted by Crippen LogP contribution is -1.86. The van der Waals surface area contributed by atoms with Crippen LogP contribution in [0.15, 0.2) is 73.4 Å². The average molecular weight is 420 g/mol. The van der Waals surface area contributed by atoms with Crippen LogP contribution in [0.1, 0.15) is 5.56 Å². The fraction of sp³-hybridized carbons (Fsp3) is 0.0400. The first-order chi connectivity index (χ1) is 15.7. The van der Waals surface area contributed by atoms with Crippen LogP contribution in [0.25, 0.3) is 55.6 Å². The van der Waals surface area contributed by atoms with Gasteiger partial charge in [0.15, 0.2) is 0 Å². The summed E-state index contributed by atoms with van der Waals surface area (Å²) in [6, 6.07) is 12.6. The quantitative estimate of drug-likeness (QED) is 0.386. The Kier molecular flexibility index (Phi) is 4.07. The van der Waals surface area contributed by atoms with Crippen LogP contribution in [0.5, 0.6) is 0 Å². The Hall–Kier alpha value is -4.39. The predicted molar refractivity (Wildman–Crippen MR) is 122 cm³/mol. The normalized spacial score (nSPS) is 11.4. The molecular weight excluding hydrogens is 403 g/mol. The fourth-order valence-corrected chi connectivity index (χ4v) is 4.04. The largest absolute Gasteiger partial charge is 0.352 e. The minimum absolute atomic E-state index is 0.278. The number of hydrogen-bond donors (Lipinski definition) is 2. The Balaban J connectivity index is 1.51. The lowest BCUT2D eigenvalue weighted by atomic mass is 10.0. The van der Waals surface area contributed by atoms with E-state index in [9.17, 15) is 4.39 Å². The van der Waals surface area contributed by atoms with Gasteiger partial charge in [-0.25, -0.2) is 4.39 Å². The molecule has 0 aliphatic rings. The third-order valence-corrected chi connectivity index (χ3v) is 5.55. The van der Waals surface area contributed by atoms with Gasteiger partial charge in [-0.15, -0.1) is 0 Å². The van der Waals surface area contributed by atoms with E-state index in [1.165, 1.54) is 12.1 Å². The van der Waals surface area contributed by atoms with E-state index >= 15 is 0 Å². The van der Waals surface area contributed by atoms with Crippen molar-refractivity contribution in [3.8, 4) is 33.8 Å². The lowest BCUT2D eigenvalue weighted by molar-refractivity contribution is 0.628. The van der Waals surface area contributed by atoms with Crippen LogP contribution in [-0.2, 0) is 0 Å². The second-order valence-corrected chi connectivity index (χ2v) is 7.78. The van der Waals surface area contributed by atoms with Gasteiger partial charge in [0.2, 0.25) is 0 Å². The van der Waals surface area contributed by atoms with Crippen molar-refractivity contribution in [2.24, 2.45) is 0 Å². The Morgan fingerprint density at radius 2 is 1.72 bits per heavy atom. The van der Waals surface area contributed by atoms with E-state index in [0.29, 0.717) is 0 Å². The number of aromatic amines is 2. The molecule has 1 aromatic carbocycles. The number of nitrogens with one attached hydrogen (secondary N) is 2. The summed E-state index contributed by atoms with van der Waals surface area (Å²) in [5, 5.41) is 9.50. The Morgan fingerprint density at radius 3 is 2.59 bits per heavy atom. The van der Waals surface area contributed by atoms with Crippen molar-refractivity contribution < 1.29 is 4.39 Å². The molecule has 0 radical (unpaired) electrons. The number of aryl methyl sites for hydroxylation is 1. The van der Waals surface area contributed by atoms with Gasteiger partial charge in [0.05, 0.1) is 34.8 Å². The second kappa shape index (κ2) is 7.09. The third kappa shape index (κ3) is 3.02. The first-order valence-electron chi connectivity index (χ1n) is 10.1. The van der Waals surface area contributed by atoms with Crippen molar-refractivity contribution in [1.82, 2.24) is 30.1 Å². The molecule has 5 heterocycles. The first kappa shape index (κ1) is 18.4. The van der Waals surface area contributed by atoms with Crippen LogP contribution in [0, 0.1) is 12.7 Å². The molecule has 0 amide bonds. The van der Waals surface area contributed by atoms with Gasteiger partial charge in [0, 0.05) is 40.5 Å². The number of rotatable bonds is 3. The molecule has 0 bridgehead atoms. The molecule has 6 rings (SSSR count). The van der Waals surface area contributed by atoms with Gasteiger partial charge in [-0.1, -0.05) is 12.1 Å². The van der Waals surface area contributed by atoms with E-state index in [1.54, 1.807) is 30.9 Å². The number of nitrogens with zero attached hydrogens (tertiary/aromatic N) is 4. The number of fused-ring (bicyclic) bond motifs is 2. The van der Waals surface area contributed by atoms with Gasteiger partial charge in [0.25, 0.3) is 0 Å². The highest BCUT2D eigenvalue weighted by molar-refractivity contribution is 6.01. The van der Waals surface area contributed by atoms with Crippen molar-refractivity contribution in [1.29, 1.82) is 0 Å². The summed E-state index contributed by atoms with van der Waals surface area (Å²) in [6.45, 7) is 2.01. The highest BCUT2D eigenvalue weighted by Crippen LogP contribution is 2.34. The Bertz CT molecular complexity index is 1610. The summed E-state index contributed by atoms with van der Waals surface area (Å²) in [6.07, 6.45) is 8.93. The highest BCUT2D eigenvalue weighted by atomic mass is 19.1. The van der Waals surface area contributed by atoms with E-state index < -0.39 is 0 Å². The van der Waals surface area contributed by atoms with E-state index in [4.69, 9.17) is 0 Å².